The molecule has 1 atom stereocenters. The molecule has 0 aliphatic rings. The summed E-state index contributed by atoms with van der Waals surface area (Å²) in [6, 6.07) is 0. The molecule has 3 nitrogen and oxygen atoms in total. The highest BCUT2D eigenvalue weighted by Gasteiger charge is 2.10. The Labute approximate surface area is 109 Å². The molecular formula is C13H23ClN2O. The monoisotopic (exact) mass is 258 g/mol. The zero-order chi connectivity index (χ0) is 12.5. The Morgan fingerprint density at radius 3 is 2.35 bits per heavy atom. The molecule has 1 aromatic heterocycles. The third-order valence-electron chi connectivity index (χ3n) is 2.83. The van der Waals surface area contributed by atoms with Crippen molar-refractivity contribution in [2.45, 2.75) is 70.6 Å². The molecule has 0 fully saturated rings. The topological polar surface area (TPSA) is 38.9 Å². The summed E-state index contributed by atoms with van der Waals surface area (Å²) in [5.74, 6) is 1.32. The third kappa shape index (κ3) is 6.06. The summed E-state index contributed by atoms with van der Waals surface area (Å²) in [6.07, 6.45) is 9.95. The Balaban J connectivity index is 2.05. The fourth-order valence-electron chi connectivity index (χ4n) is 1.76. The van der Waals surface area contributed by atoms with Gasteiger partial charge in [0.25, 0.3) is 0 Å². The first-order valence-electron chi connectivity index (χ1n) is 6.70. The van der Waals surface area contributed by atoms with Gasteiger partial charge in [-0.05, 0) is 13.3 Å². The third-order valence-corrected chi connectivity index (χ3v) is 3.03. The number of hydrogen-bond donors (Lipinski definition) is 0. The second-order valence-electron chi connectivity index (χ2n) is 4.53. The van der Waals surface area contributed by atoms with Crippen LogP contribution in [-0.4, -0.2) is 10.1 Å². The maximum atomic E-state index is 5.86. The van der Waals surface area contributed by atoms with Crippen molar-refractivity contribution in [2.75, 3.05) is 0 Å². The van der Waals surface area contributed by atoms with Gasteiger partial charge in [0.15, 0.2) is 5.82 Å². The van der Waals surface area contributed by atoms with Crippen molar-refractivity contribution in [1.29, 1.82) is 0 Å². The molecule has 0 N–H and O–H groups in total. The van der Waals surface area contributed by atoms with E-state index in [4.69, 9.17) is 16.1 Å². The minimum Gasteiger partial charge on any atom is -0.339 e. The van der Waals surface area contributed by atoms with Crippen molar-refractivity contribution >= 4 is 11.6 Å². The number of halogens is 1. The van der Waals surface area contributed by atoms with Crippen LogP contribution in [0.25, 0.3) is 0 Å². The van der Waals surface area contributed by atoms with Crippen LogP contribution in [0.5, 0.6) is 0 Å². The van der Waals surface area contributed by atoms with Crippen molar-refractivity contribution in [3.05, 3.63) is 11.7 Å². The van der Waals surface area contributed by atoms with Gasteiger partial charge in [0.2, 0.25) is 5.89 Å². The minimum atomic E-state index is -0.165. The fraction of sp³-hybridized carbons (Fsp3) is 0.846. The molecule has 0 radical (unpaired) electrons. The van der Waals surface area contributed by atoms with Crippen LogP contribution in [-0.2, 0) is 6.42 Å². The van der Waals surface area contributed by atoms with E-state index in [0.717, 1.165) is 18.7 Å². The van der Waals surface area contributed by atoms with Crippen LogP contribution >= 0.6 is 11.6 Å². The van der Waals surface area contributed by atoms with Crippen LogP contribution < -0.4 is 0 Å². The van der Waals surface area contributed by atoms with Crippen molar-refractivity contribution in [3.63, 3.8) is 0 Å². The summed E-state index contributed by atoms with van der Waals surface area (Å²) in [7, 11) is 0. The van der Waals surface area contributed by atoms with Crippen LogP contribution in [0, 0.1) is 0 Å². The van der Waals surface area contributed by atoms with E-state index in [1.54, 1.807) is 0 Å². The number of hydrogen-bond acceptors (Lipinski definition) is 3. The molecule has 0 aliphatic carbocycles. The van der Waals surface area contributed by atoms with Gasteiger partial charge in [0.1, 0.15) is 0 Å². The summed E-state index contributed by atoms with van der Waals surface area (Å²) in [4.78, 5) is 4.25. The number of alkyl halides is 1. The molecular weight excluding hydrogens is 236 g/mol. The van der Waals surface area contributed by atoms with Crippen LogP contribution in [0.3, 0.4) is 0 Å². The SMILES string of the molecule is CCCCCCCCCc1nc(C(C)Cl)no1. The van der Waals surface area contributed by atoms with Crippen LogP contribution in [0.1, 0.15) is 75.9 Å². The zero-order valence-electron chi connectivity index (χ0n) is 10.9. The summed E-state index contributed by atoms with van der Waals surface area (Å²) in [6.45, 7) is 4.09. The van der Waals surface area contributed by atoms with Gasteiger partial charge in [-0.1, -0.05) is 50.6 Å². The standard InChI is InChI=1S/C13H23ClN2O/c1-3-4-5-6-7-8-9-10-12-15-13(11(2)14)16-17-12/h11H,3-10H2,1-2H3. The molecule has 0 spiro atoms. The molecule has 4 heteroatoms. The molecule has 0 saturated carbocycles. The van der Waals surface area contributed by atoms with Gasteiger partial charge in [0.05, 0.1) is 5.38 Å². The molecule has 1 heterocycles. The van der Waals surface area contributed by atoms with E-state index in [2.05, 4.69) is 17.1 Å². The van der Waals surface area contributed by atoms with Crippen LogP contribution in [0.15, 0.2) is 4.52 Å². The number of aryl methyl sites for hydroxylation is 1. The molecule has 17 heavy (non-hydrogen) atoms. The van der Waals surface area contributed by atoms with E-state index in [1.807, 2.05) is 6.92 Å². The maximum Gasteiger partial charge on any atom is 0.226 e. The lowest BCUT2D eigenvalue weighted by molar-refractivity contribution is 0.368. The Bertz CT molecular complexity index is 299. The Hall–Kier alpha value is -0.570. The van der Waals surface area contributed by atoms with Gasteiger partial charge in [-0.2, -0.15) is 4.98 Å². The molecule has 0 aromatic carbocycles. The highest BCUT2D eigenvalue weighted by atomic mass is 35.5. The van der Waals surface area contributed by atoms with E-state index in [1.165, 1.54) is 38.5 Å². The first kappa shape index (κ1) is 14.5. The van der Waals surface area contributed by atoms with Gasteiger partial charge in [-0.15, -0.1) is 11.6 Å². The normalized spacial score (nSPS) is 12.9. The van der Waals surface area contributed by atoms with Crippen molar-refractivity contribution < 1.29 is 4.52 Å². The zero-order valence-corrected chi connectivity index (χ0v) is 11.7. The van der Waals surface area contributed by atoms with Gasteiger partial charge in [-0.25, -0.2) is 0 Å². The Kier molecular flexibility index (Phi) is 7.25. The predicted molar refractivity (Wildman–Crippen MR) is 70.3 cm³/mol. The van der Waals surface area contributed by atoms with E-state index in [9.17, 15) is 0 Å². The molecule has 0 amide bonds. The second-order valence-corrected chi connectivity index (χ2v) is 5.19. The molecule has 1 unspecified atom stereocenters. The maximum absolute atomic E-state index is 5.86. The quantitative estimate of drug-likeness (QED) is 0.478. The van der Waals surface area contributed by atoms with Gasteiger partial charge < -0.3 is 4.52 Å². The predicted octanol–water partition coefficient (Wildman–Crippen LogP) is 4.66. The molecule has 0 saturated heterocycles. The highest BCUT2D eigenvalue weighted by molar-refractivity contribution is 6.20. The lowest BCUT2D eigenvalue weighted by Crippen LogP contribution is -1.89. The summed E-state index contributed by atoms with van der Waals surface area (Å²) >= 11 is 5.86. The molecule has 1 aromatic rings. The first-order valence-corrected chi connectivity index (χ1v) is 7.14. The summed E-state index contributed by atoms with van der Waals surface area (Å²) in [5, 5.41) is 3.67. The van der Waals surface area contributed by atoms with E-state index < -0.39 is 0 Å². The average molecular weight is 259 g/mol. The Morgan fingerprint density at radius 2 is 1.76 bits per heavy atom. The number of unbranched alkanes of at least 4 members (excludes halogenated alkanes) is 6. The Morgan fingerprint density at radius 1 is 1.12 bits per heavy atom. The lowest BCUT2D eigenvalue weighted by atomic mass is 10.1. The van der Waals surface area contributed by atoms with Gasteiger partial charge >= 0.3 is 0 Å². The number of rotatable bonds is 9. The minimum absolute atomic E-state index is 0.165. The molecule has 98 valence electrons. The van der Waals surface area contributed by atoms with Crippen molar-refractivity contribution in [3.8, 4) is 0 Å². The van der Waals surface area contributed by atoms with E-state index in [0.29, 0.717) is 5.82 Å². The second kappa shape index (κ2) is 8.51. The van der Waals surface area contributed by atoms with Crippen LogP contribution in [0.2, 0.25) is 0 Å². The van der Waals surface area contributed by atoms with E-state index >= 15 is 0 Å². The summed E-state index contributed by atoms with van der Waals surface area (Å²) in [5.41, 5.74) is 0. The smallest absolute Gasteiger partial charge is 0.226 e. The molecule has 1 rings (SSSR count). The first-order chi connectivity index (χ1) is 8.24. The average Bonchev–Trinajstić information content (AvgIpc) is 2.77. The molecule has 0 bridgehead atoms. The van der Waals surface area contributed by atoms with Crippen LogP contribution in [0.4, 0.5) is 0 Å². The molecule has 0 aliphatic heterocycles. The van der Waals surface area contributed by atoms with Gasteiger partial charge in [0, 0.05) is 6.42 Å². The lowest BCUT2D eigenvalue weighted by Gasteiger charge is -1.98. The van der Waals surface area contributed by atoms with E-state index in [-0.39, 0.29) is 5.38 Å². The highest BCUT2D eigenvalue weighted by Crippen LogP contribution is 2.16. The fourth-order valence-corrected chi connectivity index (χ4v) is 1.85. The van der Waals surface area contributed by atoms with Crippen molar-refractivity contribution in [1.82, 2.24) is 10.1 Å². The van der Waals surface area contributed by atoms with Crippen molar-refractivity contribution in [2.24, 2.45) is 0 Å². The van der Waals surface area contributed by atoms with Gasteiger partial charge in [-0.3, -0.25) is 0 Å². The largest absolute Gasteiger partial charge is 0.339 e. The number of nitrogens with zero attached hydrogens (tertiary/aromatic N) is 2. The summed E-state index contributed by atoms with van der Waals surface area (Å²) < 4.78 is 5.13. The number of aromatic nitrogens is 2.